The molecule has 1 aliphatic heterocycles. The molecule has 1 N–H and O–H groups in total. The molecule has 0 radical (unpaired) electrons. The molecule has 3 rings (SSSR count). The van der Waals surface area contributed by atoms with Crippen LogP contribution in [0.1, 0.15) is 24.8 Å². The summed E-state index contributed by atoms with van der Waals surface area (Å²) in [5.41, 5.74) is 1.04. The molecule has 2 aliphatic rings. The summed E-state index contributed by atoms with van der Waals surface area (Å²) in [6.07, 6.45) is 3.13. The highest BCUT2D eigenvalue weighted by Gasteiger charge is 2.39. The summed E-state index contributed by atoms with van der Waals surface area (Å²) in [7, 11) is 0. The lowest BCUT2D eigenvalue weighted by Crippen LogP contribution is -2.43. The Morgan fingerprint density at radius 2 is 2.00 bits per heavy atom. The number of benzene rings is 1. The molecule has 0 aromatic heterocycles. The van der Waals surface area contributed by atoms with Crippen molar-refractivity contribution < 1.29 is 9.53 Å². The van der Waals surface area contributed by atoms with Gasteiger partial charge in [0.15, 0.2) is 0 Å². The van der Waals surface area contributed by atoms with Crippen LogP contribution in [-0.4, -0.2) is 36.2 Å². The van der Waals surface area contributed by atoms with E-state index in [0.717, 1.165) is 37.9 Å². The molecule has 1 saturated heterocycles. The molecule has 1 heterocycles. The summed E-state index contributed by atoms with van der Waals surface area (Å²) in [4.78, 5) is 14.2. The normalized spacial score (nSPS) is 22.2. The van der Waals surface area contributed by atoms with Gasteiger partial charge >= 0.3 is 6.09 Å². The van der Waals surface area contributed by atoms with Gasteiger partial charge in [-0.05, 0) is 31.4 Å². The molecule has 102 valence electrons. The zero-order valence-corrected chi connectivity index (χ0v) is 11.0. The highest BCUT2D eigenvalue weighted by Crippen LogP contribution is 2.31. The van der Waals surface area contributed by atoms with E-state index < -0.39 is 0 Å². The molecule has 2 fully saturated rings. The van der Waals surface area contributed by atoms with Gasteiger partial charge in [-0.3, -0.25) is 0 Å². The predicted octanol–water partition coefficient (Wildman–Crippen LogP) is 2.15. The van der Waals surface area contributed by atoms with Crippen LogP contribution in [0.25, 0.3) is 0 Å². The first-order valence-electron chi connectivity index (χ1n) is 7.04. The third-order valence-electron chi connectivity index (χ3n) is 3.78. The standard InChI is InChI=1S/C15H20N2O2/c18-15(19-11-12-4-2-1-3-5-12)17(13-6-7-13)14-8-9-16-10-14/h1-5,13-14,16H,6-11H2/t14-/m0/s1. The van der Waals surface area contributed by atoms with Crippen molar-refractivity contribution in [3.8, 4) is 0 Å². The molecule has 1 amide bonds. The largest absolute Gasteiger partial charge is 0.445 e. The molecule has 0 unspecified atom stereocenters. The maximum Gasteiger partial charge on any atom is 0.410 e. The monoisotopic (exact) mass is 260 g/mol. The van der Waals surface area contributed by atoms with Crippen molar-refractivity contribution in [3.63, 3.8) is 0 Å². The quantitative estimate of drug-likeness (QED) is 0.902. The van der Waals surface area contributed by atoms with Crippen molar-refractivity contribution >= 4 is 6.09 Å². The lowest BCUT2D eigenvalue weighted by Gasteiger charge is -2.27. The summed E-state index contributed by atoms with van der Waals surface area (Å²) in [5, 5.41) is 3.31. The number of nitrogens with one attached hydrogen (secondary N) is 1. The van der Waals surface area contributed by atoms with Gasteiger partial charge in [0.1, 0.15) is 6.61 Å². The average Bonchev–Trinajstić information content (AvgIpc) is 3.12. The van der Waals surface area contributed by atoms with Crippen LogP contribution in [0.4, 0.5) is 4.79 Å². The van der Waals surface area contributed by atoms with Gasteiger partial charge in [0.2, 0.25) is 0 Å². The molecule has 0 spiro atoms. The van der Waals surface area contributed by atoms with Gasteiger partial charge in [-0.1, -0.05) is 30.3 Å². The van der Waals surface area contributed by atoms with E-state index in [4.69, 9.17) is 4.74 Å². The fraction of sp³-hybridized carbons (Fsp3) is 0.533. The van der Waals surface area contributed by atoms with E-state index in [9.17, 15) is 4.79 Å². The summed E-state index contributed by atoms with van der Waals surface area (Å²) >= 11 is 0. The van der Waals surface area contributed by atoms with Gasteiger partial charge in [-0.25, -0.2) is 4.79 Å². The molecular weight excluding hydrogens is 240 g/mol. The minimum absolute atomic E-state index is 0.153. The molecule has 19 heavy (non-hydrogen) atoms. The van der Waals surface area contributed by atoms with Crippen molar-refractivity contribution in [1.82, 2.24) is 10.2 Å². The van der Waals surface area contributed by atoms with Crippen LogP contribution in [0.15, 0.2) is 30.3 Å². The van der Waals surface area contributed by atoms with E-state index >= 15 is 0 Å². The number of ether oxygens (including phenoxy) is 1. The van der Waals surface area contributed by atoms with Gasteiger partial charge < -0.3 is 15.0 Å². The lowest BCUT2D eigenvalue weighted by atomic mass is 10.2. The molecule has 4 nitrogen and oxygen atoms in total. The van der Waals surface area contributed by atoms with Gasteiger partial charge in [-0.2, -0.15) is 0 Å². The summed E-state index contributed by atoms with van der Waals surface area (Å²) in [5.74, 6) is 0. The van der Waals surface area contributed by atoms with E-state index in [0.29, 0.717) is 18.7 Å². The first kappa shape index (κ1) is 12.5. The van der Waals surface area contributed by atoms with Crippen molar-refractivity contribution in [1.29, 1.82) is 0 Å². The zero-order chi connectivity index (χ0) is 13.1. The topological polar surface area (TPSA) is 41.6 Å². The highest BCUT2D eigenvalue weighted by atomic mass is 16.6. The Labute approximate surface area is 113 Å². The number of hydrogen-bond acceptors (Lipinski definition) is 3. The molecule has 0 bridgehead atoms. The third-order valence-corrected chi connectivity index (χ3v) is 3.78. The Morgan fingerprint density at radius 1 is 1.21 bits per heavy atom. The number of hydrogen-bond donors (Lipinski definition) is 1. The summed E-state index contributed by atoms with van der Waals surface area (Å²) < 4.78 is 5.46. The van der Waals surface area contributed by atoms with Gasteiger partial charge in [0.05, 0.1) is 0 Å². The Bertz CT molecular complexity index is 425. The van der Waals surface area contributed by atoms with E-state index in [-0.39, 0.29) is 6.09 Å². The van der Waals surface area contributed by atoms with Crippen LogP contribution < -0.4 is 5.32 Å². The van der Waals surface area contributed by atoms with Crippen LogP contribution in [0, 0.1) is 0 Å². The minimum Gasteiger partial charge on any atom is -0.445 e. The first-order chi connectivity index (χ1) is 9.34. The predicted molar refractivity (Wildman–Crippen MR) is 72.8 cm³/mol. The van der Waals surface area contributed by atoms with E-state index in [2.05, 4.69) is 5.32 Å². The molecular formula is C15H20N2O2. The van der Waals surface area contributed by atoms with Crippen molar-refractivity contribution in [2.24, 2.45) is 0 Å². The Kier molecular flexibility index (Phi) is 3.69. The number of amides is 1. The Balaban J connectivity index is 1.58. The average molecular weight is 260 g/mol. The summed E-state index contributed by atoms with van der Waals surface area (Å²) in [6.45, 7) is 2.26. The first-order valence-corrected chi connectivity index (χ1v) is 7.04. The third kappa shape index (κ3) is 3.07. The molecule has 1 aromatic rings. The number of carbonyl (C=O) groups excluding carboxylic acids is 1. The maximum atomic E-state index is 12.3. The minimum atomic E-state index is -0.153. The Morgan fingerprint density at radius 3 is 2.63 bits per heavy atom. The second kappa shape index (κ2) is 5.61. The lowest BCUT2D eigenvalue weighted by molar-refractivity contribution is 0.0799. The van der Waals surface area contributed by atoms with Gasteiger partial charge in [-0.15, -0.1) is 0 Å². The van der Waals surface area contributed by atoms with Crippen LogP contribution in [-0.2, 0) is 11.3 Å². The zero-order valence-electron chi connectivity index (χ0n) is 11.0. The molecule has 1 atom stereocenters. The molecule has 1 aromatic carbocycles. The number of rotatable bonds is 4. The van der Waals surface area contributed by atoms with Crippen LogP contribution in [0.5, 0.6) is 0 Å². The second-order valence-electron chi connectivity index (χ2n) is 5.33. The van der Waals surface area contributed by atoms with E-state index in [1.807, 2.05) is 35.2 Å². The van der Waals surface area contributed by atoms with Crippen molar-refractivity contribution in [2.45, 2.75) is 38.0 Å². The highest BCUT2D eigenvalue weighted by molar-refractivity contribution is 5.69. The van der Waals surface area contributed by atoms with Crippen molar-refractivity contribution in [3.05, 3.63) is 35.9 Å². The van der Waals surface area contributed by atoms with Crippen LogP contribution >= 0.6 is 0 Å². The van der Waals surface area contributed by atoms with E-state index in [1.54, 1.807) is 0 Å². The molecule has 1 saturated carbocycles. The smallest absolute Gasteiger partial charge is 0.410 e. The number of nitrogens with zero attached hydrogens (tertiary/aromatic N) is 1. The number of carbonyl (C=O) groups is 1. The maximum absolute atomic E-state index is 12.3. The van der Waals surface area contributed by atoms with E-state index in [1.165, 1.54) is 0 Å². The van der Waals surface area contributed by atoms with Crippen LogP contribution in [0.2, 0.25) is 0 Å². The molecule has 4 heteroatoms. The Hall–Kier alpha value is -1.55. The van der Waals surface area contributed by atoms with Gasteiger partial charge in [0, 0.05) is 18.6 Å². The van der Waals surface area contributed by atoms with Crippen molar-refractivity contribution in [2.75, 3.05) is 13.1 Å². The fourth-order valence-electron chi connectivity index (χ4n) is 2.62. The van der Waals surface area contributed by atoms with Gasteiger partial charge in [0.25, 0.3) is 0 Å². The summed E-state index contributed by atoms with van der Waals surface area (Å²) in [6, 6.07) is 10.6. The SMILES string of the molecule is O=C(OCc1ccccc1)N(C1CC1)[C@H]1CCNC1. The fourth-order valence-corrected chi connectivity index (χ4v) is 2.62. The second-order valence-corrected chi connectivity index (χ2v) is 5.33. The van der Waals surface area contributed by atoms with Crippen LogP contribution in [0.3, 0.4) is 0 Å². The molecule has 1 aliphatic carbocycles.